The Balaban J connectivity index is 1.39. The topological polar surface area (TPSA) is 43.9 Å². The zero-order valence-corrected chi connectivity index (χ0v) is 17.8. The molecule has 4 rings (SSSR count). The summed E-state index contributed by atoms with van der Waals surface area (Å²) in [4.78, 5) is 32.4. The van der Waals surface area contributed by atoms with Gasteiger partial charge in [0.1, 0.15) is 6.04 Å². The van der Waals surface area contributed by atoms with E-state index in [9.17, 15) is 9.59 Å². The molecular formula is C25H31N3O2. The lowest BCUT2D eigenvalue weighted by Gasteiger charge is -2.40. The van der Waals surface area contributed by atoms with E-state index in [1.54, 1.807) is 0 Å². The van der Waals surface area contributed by atoms with Crippen molar-refractivity contribution in [2.45, 2.75) is 38.8 Å². The van der Waals surface area contributed by atoms with E-state index < -0.39 is 0 Å². The van der Waals surface area contributed by atoms with E-state index in [-0.39, 0.29) is 17.9 Å². The number of benzene rings is 2. The van der Waals surface area contributed by atoms with E-state index in [4.69, 9.17) is 0 Å². The highest BCUT2D eigenvalue weighted by molar-refractivity contribution is 5.84. The standard InChI is InChI=1S/C25H31N3O2/c1-20-7-5-10-22(17-20)18-28-16-15-26-13-6-14-27(19-23(26)25(28)30)24(29)12-11-21-8-3-2-4-9-21/h2-5,7-10,17,23H,6,11-16,18-19H2,1H3. The van der Waals surface area contributed by atoms with Crippen LogP contribution in [0.5, 0.6) is 0 Å². The summed E-state index contributed by atoms with van der Waals surface area (Å²) in [6.07, 6.45) is 2.18. The number of carbonyl (C=O) groups excluding carboxylic acids is 2. The van der Waals surface area contributed by atoms with Gasteiger partial charge in [0.15, 0.2) is 0 Å². The lowest BCUT2D eigenvalue weighted by atomic mass is 10.1. The lowest BCUT2D eigenvalue weighted by molar-refractivity contribution is -0.144. The minimum Gasteiger partial charge on any atom is -0.341 e. The van der Waals surface area contributed by atoms with Crippen molar-refractivity contribution in [2.75, 3.05) is 32.7 Å². The van der Waals surface area contributed by atoms with Crippen LogP contribution in [0.1, 0.15) is 29.5 Å². The summed E-state index contributed by atoms with van der Waals surface area (Å²) in [5.74, 6) is 0.315. The van der Waals surface area contributed by atoms with Crippen LogP contribution in [0.25, 0.3) is 0 Å². The van der Waals surface area contributed by atoms with Crippen molar-refractivity contribution < 1.29 is 9.59 Å². The molecule has 0 N–H and O–H groups in total. The average Bonchev–Trinajstić information content (AvgIpc) is 2.98. The van der Waals surface area contributed by atoms with Gasteiger partial charge in [-0.15, -0.1) is 0 Å². The van der Waals surface area contributed by atoms with Crippen molar-refractivity contribution in [1.82, 2.24) is 14.7 Å². The molecule has 5 heteroatoms. The van der Waals surface area contributed by atoms with E-state index in [2.05, 4.69) is 42.2 Å². The normalized spacial score (nSPS) is 20.0. The summed E-state index contributed by atoms with van der Waals surface area (Å²) in [6, 6.07) is 18.3. The summed E-state index contributed by atoms with van der Waals surface area (Å²) in [7, 11) is 0. The Bertz CT molecular complexity index is 883. The first-order valence-corrected chi connectivity index (χ1v) is 11.0. The molecule has 0 aliphatic carbocycles. The maximum atomic E-state index is 13.3. The highest BCUT2D eigenvalue weighted by Gasteiger charge is 2.38. The number of carbonyl (C=O) groups is 2. The zero-order chi connectivity index (χ0) is 20.9. The van der Waals surface area contributed by atoms with Gasteiger partial charge in [-0.1, -0.05) is 60.2 Å². The van der Waals surface area contributed by atoms with Gasteiger partial charge in [-0.3, -0.25) is 14.5 Å². The third kappa shape index (κ3) is 4.90. The van der Waals surface area contributed by atoms with Crippen LogP contribution in [-0.2, 0) is 22.6 Å². The van der Waals surface area contributed by atoms with E-state index in [1.165, 1.54) is 16.7 Å². The molecule has 158 valence electrons. The molecule has 2 aromatic carbocycles. The molecule has 2 aromatic rings. The molecule has 5 nitrogen and oxygen atoms in total. The van der Waals surface area contributed by atoms with Crippen LogP contribution in [0.4, 0.5) is 0 Å². The molecule has 0 radical (unpaired) electrons. The summed E-state index contributed by atoms with van der Waals surface area (Å²) >= 11 is 0. The van der Waals surface area contributed by atoms with E-state index in [1.807, 2.05) is 34.1 Å². The second-order valence-electron chi connectivity index (χ2n) is 8.48. The summed E-state index contributed by atoms with van der Waals surface area (Å²) in [5.41, 5.74) is 3.56. The molecular weight excluding hydrogens is 374 g/mol. The van der Waals surface area contributed by atoms with Crippen molar-refractivity contribution in [3.63, 3.8) is 0 Å². The van der Waals surface area contributed by atoms with Crippen molar-refractivity contribution in [1.29, 1.82) is 0 Å². The second-order valence-corrected chi connectivity index (χ2v) is 8.48. The van der Waals surface area contributed by atoms with Crippen LogP contribution in [-0.4, -0.2) is 65.3 Å². The minimum atomic E-state index is -0.216. The molecule has 2 amide bonds. The molecule has 0 bridgehead atoms. The minimum absolute atomic E-state index is 0.157. The first-order chi connectivity index (χ1) is 14.6. The third-order valence-electron chi connectivity index (χ3n) is 6.24. The third-order valence-corrected chi connectivity index (χ3v) is 6.24. The first-order valence-electron chi connectivity index (χ1n) is 11.0. The van der Waals surface area contributed by atoms with Crippen LogP contribution in [0, 0.1) is 6.92 Å². The quantitative estimate of drug-likeness (QED) is 0.768. The van der Waals surface area contributed by atoms with Gasteiger partial charge in [0.05, 0.1) is 0 Å². The number of aryl methyl sites for hydroxylation is 2. The van der Waals surface area contributed by atoms with Crippen molar-refractivity contribution in [3.05, 3.63) is 71.3 Å². The average molecular weight is 406 g/mol. The maximum absolute atomic E-state index is 13.3. The number of amides is 2. The Morgan fingerprint density at radius 1 is 0.967 bits per heavy atom. The number of fused-ring (bicyclic) bond motifs is 1. The molecule has 30 heavy (non-hydrogen) atoms. The molecule has 2 aliphatic rings. The van der Waals surface area contributed by atoms with Gasteiger partial charge in [-0.05, 0) is 30.9 Å². The zero-order valence-electron chi connectivity index (χ0n) is 17.8. The Kier molecular flexibility index (Phi) is 6.48. The number of piperazine rings is 1. The summed E-state index contributed by atoms with van der Waals surface area (Å²) < 4.78 is 0. The molecule has 1 atom stereocenters. The van der Waals surface area contributed by atoms with Gasteiger partial charge in [-0.25, -0.2) is 0 Å². The lowest BCUT2D eigenvalue weighted by Crippen LogP contribution is -2.59. The molecule has 2 saturated heterocycles. The van der Waals surface area contributed by atoms with Crippen molar-refractivity contribution >= 4 is 11.8 Å². The fraction of sp³-hybridized carbons (Fsp3) is 0.440. The highest BCUT2D eigenvalue weighted by atomic mass is 16.2. The van der Waals surface area contributed by atoms with E-state index >= 15 is 0 Å². The fourth-order valence-electron chi connectivity index (χ4n) is 4.58. The van der Waals surface area contributed by atoms with Crippen molar-refractivity contribution in [3.8, 4) is 0 Å². The predicted octanol–water partition coefficient (Wildman–Crippen LogP) is 2.87. The Morgan fingerprint density at radius 2 is 1.77 bits per heavy atom. The Hall–Kier alpha value is -2.66. The van der Waals surface area contributed by atoms with Gasteiger partial charge in [0.2, 0.25) is 11.8 Å². The number of hydrogen-bond acceptors (Lipinski definition) is 3. The molecule has 0 aromatic heterocycles. The van der Waals surface area contributed by atoms with Gasteiger partial charge in [0.25, 0.3) is 0 Å². The van der Waals surface area contributed by atoms with Crippen molar-refractivity contribution in [2.24, 2.45) is 0 Å². The molecule has 0 saturated carbocycles. The maximum Gasteiger partial charge on any atom is 0.242 e. The monoisotopic (exact) mass is 405 g/mol. The Labute approximate surface area is 179 Å². The Morgan fingerprint density at radius 3 is 2.57 bits per heavy atom. The van der Waals surface area contributed by atoms with Crippen LogP contribution in [0.15, 0.2) is 54.6 Å². The second kappa shape index (κ2) is 9.43. The fourth-order valence-corrected chi connectivity index (χ4v) is 4.58. The van der Waals surface area contributed by atoms with Gasteiger partial charge < -0.3 is 9.80 Å². The molecule has 2 fully saturated rings. The predicted molar refractivity (Wildman–Crippen MR) is 118 cm³/mol. The molecule has 1 unspecified atom stereocenters. The first kappa shape index (κ1) is 20.6. The summed E-state index contributed by atoms with van der Waals surface area (Å²) in [5, 5.41) is 0. The molecule has 2 aliphatic heterocycles. The molecule has 0 spiro atoms. The van der Waals surface area contributed by atoms with Crippen LogP contribution in [0.2, 0.25) is 0 Å². The van der Waals surface area contributed by atoms with Gasteiger partial charge in [-0.2, -0.15) is 0 Å². The smallest absolute Gasteiger partial charge is 0.242 e. The van der Waals surface area contributed by atoms with E-state index in [0.29, 0.717) is 19.5 Å². The van der Waals surface area contributed by atoms with E-state index in [0.717, 1.165) is 39.0 Å². The van der Waals surface area contributed by atoms with Gasteiger partial charge in [0, 0.05) is 45.7 Å². The van der Waals surface area contributed by atoms with Crippen LogP contribution in [0.3, 0.4) is 0 Å². The number of hydrogen-bond donors (Lipinski definition) is 0. The van der Waals surface area contributed by atoms with Crippen LogP contribution < -0.4 is 0 Å². The number of rotatable bonds is 5. The van der Waals surface area contributed by atoms with Crippen LogP contribution >= 0.6 is 0 Å². The highest BCUT2D eigenvalue weighted by Crippen LogP contribution is 2.20. The number of nitrogens with zero attached hydrogens (tertiary/aromatic N) is 3. The van der Waals surface area contributed by atoms with Gasteiger partial charge >= 0.3 is 0 Å². The SMILES string of the molecule is Cc1cccc(CN2CCN3CCCN(C(=O)CCc4ccccc4)CC3C2=O)c1. The largest absolute Gasteiger partial charge is 0.341 e. The molecule has 2 heterocycles. The summed E-state index contributed by atoms with van der Waals surface area (Å²) in [6.45, 7) is 6.50.